The molecule has 0 saturated carbocycles. The van der Waals surface area contributed by atoms with E-state index < -0.39 is 5.82 Å². The van der Waals surface area contributed by atoms with Gasteiger partial charge in [0.1, 0.15) is 5.82 Å². The molecule has 0 amide bonds. The van der Waals surface area contributed by atoms with Crippen LogP contribution in [0, 0.1) is 19.7 Å². The Labute approximate surface area is 120 Å². The minimum Gasteiger partial charge on any atom is -0.294 e. The SMILES string of the molecule is Cc1ccc(CC(=O)c2cccc(Br)c2F)cc1C. The average molecular weight is 321 g/mol. The van der Waals surface area contributed by atoms with Gasteiger partial charge in [0.05, 0.1) is 10.0 Å². The zero-order chi connectivity index (χ0) is 14.0. The lowest BCUT2D eigenvalue weighted by atomic mass is 9.99. The Morgan fingerprint density at radius 3 is 2.58 bits per heavy atom. The number of ketones is 1. The maximum absolute atomic E-state index is 13.8. The van der Waals surface area contributed by atoms with E-state index in [9.17, 15) is 9.18 Å². The lowest BCUT2D eigenvalue weighted by Crippen LogP contribution is -2.06. The van der Waals surface area contributed by atoms with Gasteiger partial charge in [-0.15, -0.1) is 0 Å². The third-order valence-corrected chi connectivity index (χ3v) is 3.80. The van der Waals surface area contributed by atoms with Crippen LogP contribution in [0.15, 0.2) is 40.9 Å². The highest BCUT2D eigenvalue weighted by molar-refractivity contribution is 9.10. The first-order valence-electron chi connectivity index (χ1n) is 6.02. The number of aryl methyl sites for hydroxylation is 2. The van der Waals surface area contributed by atoms with Crippen LogP contribution in [0.3, 0.4) is 0 Å². The third kappa shape index (κ3) is 3.10. The Kier molecular flexibility index (Phi) is 4.15. The Hall–Kier alpha value is -1.48. The minimum atomic E-state index is -0.490. The van der Waals surface area contributed by atoms with Crippen molar-refractivity contribution in [2.24, 2.45) is 0 Å². The molecule has 2 aromatic rings. The molecule has 0 N–H and O–H groups in total. The summed E-state index contributed by atoms with van der Waals surface area (Å²) in [5.41, 5.74) is 3.37. The van der Waals surface area contributed by atoms with Crippen LogP contribution in [0.1, 0.15) is 27.0 Å². The Morgan fingerprint density at radius 1 is 1.16 bits per heavy atom. The number of hydrogen-bond acceptors (Lipinski definition) is 1. The van der Waals surface area contributed by atoms with Crippen molar-refractivity contribution >= 4 is 21.7 Å². The molecule has 0 heterocycles. The van der Waals surface area contributed by atoms with Crippen LogP contribution in [0.4, 0.5) is 4.39 Å². The van der Waals surface area contributed by atoms with E-state index in [1.54, 1.807) is 12.1 Å². The van der Waals surface area contributed by atoms with Gasteiger partial charge in [-0.1, -0.05) is 24.3 Å². The van der Waals surface area contributed by atoms with E-state index in [1.165, 1.54) is 11.6 Å². The van der Waals surface area contributed by atoms with E-state index in [0.29, 0.717) is 4.47 Å². The van der Waals surface area contributed by atoms with Gasteiger partial charge in [-0.3, -0.25) is 4.79 Å². The fraction of sp³-hybridized carbons (Fsp3) is 0.188. The molecule has 0 aliphatic carbocycles. The molecule has 2 aromatic carbocycles. The first kappa shape index (κ1) is 13.9. The molecule has 1 nitrogen and oxygen atoms in total. The lowest BCUT2D eigenvalue weighted by Gasteiger charge is -2.06. The van der Waals surface area contributed by atoms with Crippen molar-refractivity contribution in [2.45, 2.75) is 20.3 Å². The van der Waals surface area contributed by atoms with Gasteiger partial charge in [0, 0.05) is 6.42 Å². The summed E-state index contributed by atoms with van der Waals surface area (Å²) in [4.78, 5) is 12.1. The van der Waals surface area contributed by atoms with Crippen LogP contribution < -0.4 is 0 Å². The molecule has 0 atom stereocenters. The Bertz CT molecular complexity index is 635. The number of benzene rings is 2. The van der Waals surface area contributed by atoms with Crippen molar-refractivity contribution in [3.8, 4) is 0 Å². The predicted octanol–water partition coefficient (Wildman–Crippen LogP) is 4.63. The molecular formula is C16H14BrFO. The Balaban J connectivity index is 2.26. The molecule has 98 valence electrons. The van der Waals surface area contributed by atoms with Crippen LogP contribution in [0.5, 0.6) is 0 Å². The van der Waals surface area contributed by atoms with Crippen LogP contribution in [-0.2, 0) is 6.42 Å². The summed E-state index contributed by atoms with van der Waals surface area (Å²) in [6.45, 7) is 4.03. The Morgan fingerprint density at radius 2 is 1.89 bits per heavy atom. The van der Waals surface area contributed by atoms with Gasteiger partial charge in [0.25, 0.3) is 0 Å². The smallest absolute Gasteiger partial charge is 0.170 e. The van der Waals surface area contributed by atoms with Gasteiger partial charge >= 0.3 is 0 Å². The summed E-state index contributed by atoms with van der Waals surface area (Å²) in [6.07, 6.45) is 0.217. The average Bonchev–Trinajstić information content (AvgIpc) is 2.37. The second-order valence-corrected chi connectivity index (χ2v) is 5.47. The monoisotopic (exact) mass is 320 g/mol. The quantitative estimate of drug-likeness (QED) is 0.753. The maximum atomic E-state index is 13.8. The molecule has 19 heavy (non-hydrogen) atoms. The molecule has 0 saturated heterocycles. The van der Waals surface area contributed by atoms with Crippen LogP contribution in [0.25, 0.3) is 0 Å². The number of carbonyl (C=O) groups is 1. The summed E-state index contributed by atoms with van der Waals surface area (Å²) in [6, 6.07) is 10.6. The topological polar surface area (TPSA) is 17.1 Å². The molecule has 0 spiro atoms. The lowest BCUT2D eigenvalue weighted by molar-refractivity contribution is 0.0989. The molecular weight excluding hydrogens is 307 g/mol. The van der Waals surface area contributed by atoms with Crippen molar-refractivity contribution in [3.05, 3.63) is 68.9 Å². The highest BCUT2D eigenvalue weighted by Gasteiger charge is 2.14. The van der Waals surface area contributed by atoms with E-state index in [2.05, 4.69) is 15.9 Å². The highest BCUT2D eigenvalue weighted by atomic mass is 79.9. The number of hydrogen-bond donors (Lipinski definition) is 0. The standard InChI is InChI=1S/C16H14BrFO/c1-10-6-7-12(8-11(10)2)9-15(19)13-4-3-5-14(17)16(13)18/h3-8H,9H2,1-2H3. The summed E-state index contributed by atoms with van der Waals surface area (Å²) in [7, 11) is 0. The minimum absolute atomic E-state index is 0.132. The largest absolute Gasteiger partial charge is 0.294 e. The van der Waals surface area contributed by atoms with E-state index in [1.807, 2.05) is 32.0 Å². The summed E-state index contributed by atoms with van der Waals surface area (Å²) >= 11 is 3.09. The van der Waals surface area contributed by atoms with Crippen LogP contribution in [0.2, 0.25) is 0 Å². The van der Waals surface area contributed by atoms with Crippen molar-refractivity contribution in [2.75, 3.05) is 0 Å². The van der Waals surface area contributed by atoms with Crippen molar-refractivity contribution in [1.29, 1.82) is 0 Å². The molecule has 0 fully saturated rings. The molecule has 0 radical (unpaired) electrons. The van der Waals surface area contributed by atoms with Gasteiger partial charge in [-0.25, -0.2) is 4.39 Å². The zero-order valence-electron chi connectivity index (χ0n) is 10.8. The molecule has 0 unspecified atom stereocenters. The van der Waals surface area contributed by atoms with E-state index in [0.717, 1.165) is 11.1 Å². The molecule has 2 rings (SSSR count). The van der Waals surface area contributed by atoms with Crippen LogP contribution in [-0.4, -0.2) is 5.78 Å². The van der Waals surface area contributed by atoms with E-state index in [-0.39, 0.29) is 17.8 Å². The number of carbonyl (C=O) groups excluding carboxylic acids is 1. The third-order valence-electron chi connectivity index (χ3n) is 3.19. The molecule has 0 bridgehead atoms. The normalized spacial score (nSPS) is 10.5. The maximum Gasteiger partial charge on any atom is 0.170 e. The van der Waals surface area contributed by atoms with Gasteiger partial charge < -0.3 is 0 Å². The van der Waals surface area contributed by atoms with E-state index in [4.69, 9.17) is 0 Å². The van der Waals surface area contributed by atoms with Gasteiger partial charge in [0.15, 0.2) is 5.78 Å². The van der Waals surface area contributed by atoms with Gasteiger partial charge in [-0.05, 0) is 58.6 Å². The van der Waals surface area contributed by atoms with Crippen molar-refractivity contribution < 1.29 is 9.18 Å². The highest BCUT2D eigenvalue weighted by Crippen LogP contribution is 2.20. The number of halogens is 2. The number of Topliss-reactive ketones (excluding diaryl/α,β-unsaturated/α-hetero) is 1. The molecule has 3 heteroatoms. The predicted molar refractivity (Wildman–Crippen MR) is 78.1 cm³/mol. The summed E-state index contributed by atoms with van der Waals surface area (Å²) < 4.78 is 14.1. The fourth-order valence-electron chi connectivity index (χ4n) is 1.91. The molecule has 0 aliphatic rings. The fourth-order valence-corrected chi connectivity index (χ4v) is 2.28. The molecule has 0 aliphatic heterocycles. The van der Waals surface area contributed by atoms with Gasteiger partial charge in [0.2, 0.25) is 0 Å². The van der Waals surface area contributed by atoms with Crippen LogP contribution >= 0.6 is 15.9 Å². The van der Waals surface area contributed by atoms with Crippen molar-refractivity contribution in [1.82, 2.24) is 0 Å². The summed E-state index contributed by atoms with van der Waals surface area (Å²) in [5, 5.41) is 0. The molecule has 0 aromatic heterocycles. The zero-order valence-corrected chi connectivity index (χ0v) is 12.4. The number of rotatable bonds is 3. The van der Waals surface area contributed by atoms with E-state index >= 15 is 0 Å². The second kappa shape index (κ2) is 5.66. The van der Waals surface area contributed by atoms with Crippen molar-refractivity contribution in [3.63, 3.8) is 0 Å². The first-order chi connectivity index (χ1) is 8.99. The summed E-state index contributed by atoms with van der Waals surface area (Å²) in [5.74, 6) is -0.696. The first-order valence-corrected chi connectivity index (χ1v) is 6.81. The van der Waals surface area contributed by atoms with Gasteiger partial charge in [-0.2, -0.15) is 0 Å². The second-order valence-electron chi connectivity index (χ2n) is 4.62.